The molecule has 6 aliphatic rings. The van der Waals surface area contributed by atoms with Gasteiger partial charge in [-0.2, -0.15) is 0 Å². The third kappa shape index (κ3) is 27.7. The van der Waals surface area contributed by atoms with Crippen LogP contribution in [-0.4, -0.2) is 220 Å². The number of nitrogens with one attached hydrogen (secondary N) is 5. The quantitative estimate of drug-likeness (QED) is 0.0280. The monoisotopic (exact) mass is 2040 g/mol. The van der Waals surface area contributed by atoms with Crippen LogP contribution < -0.4 is 26.6 Å². The molecule has 5 aliphatic heterocycles. The molecule has 0 spiro atoms. The number of rotatable bonds is 24. The Morgan fingerprint density at radius 2 is 0.573 bits per heavy atom. The Hall–Kier alpha value is -13.4. The summed E-state index contributed by atoms with van der Waals surface area (Å²) in [7, 11) is 0. The van der Waals surface area contributed by atoms with Crippen LogP contribution in [0, 0.1) is 46.3 Å². The van der Waals surface area contributed by atoms with Crippen LogP contribution >= 0.6 is 0 Å². The Morgan fingerprint density at radius 3 is 0.840 bits per heavy atom. The van der Waals surface area contributed by atoms with Gasteiger partial charge in [0.1, 0.15) is 64.2 Å². The summed E-state index contributed by atoms with van der Waals surface area (Å²) in [4.78, 5) is 95.0. The maximum atomic E-state index is 13.4. The summed E-state index contributed by atoms with van der Waals surface area (Å²) in [6, 6.07) is 71.8. The van der Waals surface area contributed by atoms with Crippen molar-refractivity contribution in [3.05, 3.63) is 328 Å². The zero-order chi connectivity index (χ0) is 106. The van der Waals surface area contributed by atoms with Gasteiger partial charge in [0.15, 0.2) is 28.9 Å². The van der Waals surface area contributed by atoms with E-state index in [1.165, 1.54) is 125 Å². The molecule has 10 aromatic carbocycles. The zero-order valence-electron chi connectivity index (χ0n) is 86.5. The first kappa shape index (κ1) is 108. The van der Waals surface area contributed by atoms with Crippen LogP contribution in [0.25, 0.3) is 110 Å². The second-order valence-electron chi connectivity index (χ2n) is 41.8. The first-order valence-corrected chi connectivity index (χ1v) is 51.8. The summed E-state index contributed by atoms with van der Waals surface area (Å²) in [6.07, 6.45) is 0.305. The molecule has 6 fully saturated rings. The van der Waals surface area contributed by atoms with Gasteiger partial charge in [0, 0.05) is 217 Å². The third-order valence-electron chi connectivity index (χ3n) is 29.0. The topological polar surface area (TPSA) is 226 Å². The van der Waals surface area contributed by atoms with Crippen LogP contribution in [0.4, 0.5) is 35.1 Å². The van der Waals surface area contributed by atoms with Crippen LogP contribution in [0.1, 0.15) is 162 Å². The average Bonchev–Trinajstić information content (AvgIpc) is 1.33. The number of halogens is 8. The smallest absolute Gasteiger partial charge is 0.254 e. The molecule has 0 radical (unpaired) electrons. The van der Waals surface area contributed by atoms with Gasteiger partial charge in [-0.1, -0.05) is 156 Å². The summed E-state index contributed by atoms with van der Waals surface area (Å²) in [5.74, 6) is -0.507. The Labute approximate surface area is 870 Å². The van der Waals surface area contributed by atoms with Crippen LogP contribution in [0.2, 0.25) is 0 Å². The lowest BCUT2D eigenvalue weighted by Gasteiger charge is -2.40. The fourth-order valence-electron chi connectivity index (χ4n) is 20.5. The molecule has 15 aromatic rings. The number of pyridine rings is 5. The van der Waals surface area contributed by atoms with Crippen molar-refractivity contribution in [3.63, 3.8) is 0 Å². The first-order chi connectivity index (χ1) is 72.1. The van der Waals surface area contributed by atoms with E-state index in [1.807, 2.05) is 53.4 Å². The summed E-state index contributed by atoms with van der Waals surface area (Å²) in [5, 5.41) is 21.6. The van der Waals surface area contributed by atoms with Crippen molar-refractivity contribution >= 4 is 83.4 Å². The Bertz CT molecular complexity index is 6980. The van der Waals surface area contributed by atoms with Gasteiger partial charge in [0.05, 0.1) is 33.6 Å². The molecule has 0 amide bonds. The maximum Gasteiger partial charge on any atom is 0.254 e. The van der Waals surface area contributed by atoms with Crippen LogP contribution in [0.15, 0.2) is 243 Å². The molecule has 778 valence electrons. The van der Waals surface area contributed by atoms with Gasteiger partial charge in [-0.05, 0) is 235 Å². The van der Waals surface area contributed by atoms with Crippen LogP contribution in [0.5, 0.6) is 0 Å². The predicted molar refractivity (Wildman–Crippen MR) is 580 cm³/mol. The van der Waals surface area contributed by atoms with Crippen molar-refractivity contribution < 1.29 is 59.1 Å². The van der Waals surface area contributed by atoms with Gasteiger partial charge in [-0.3, -0.25) is 48.5 Å². The molecular weight excluding hydrogens is 1910 g/mol. The largest absolute Gasteiger partial charge is 0.311 e. The summed E-state index contributed by atoms with van der Waals surface area (Å²) < 4.78 is 106. The number of alkyl halides is 3. The zero-order valence-corrected chi connectivity index (χ0v) is 86.5. The highest BCUT2D eigenvalue weighted by Gasteiger charge is 2.36. The van der Waals surface area contributed by atoms with Gasteiger partial charge >= 0.3 is 0 Å². The van der Waals surface area contributed by atoms with Crippen molar-refractivity contribution in [3.8, 4) is 55.6 Å². The highest BCUT2D eigenvalue weighted by Crippen LogP contribution is 2.40. The van der Waals surface area contributed by atoms with Crippen molar-refractivity contribution in [1.82, 2.24) is 76.0 Å². The molecule has 150 heavy (non-hydrogen) atoms. The predicted octanol–water partition coefficient (Wildman–Crippen LogP) is 22.4. The van der Waals surface area contributed by atoms with Gasteiger partial charge in [-0.15, -0.1) is 0 Å². The highest BCUT2D eigenvalue weighted by atomic mass is 19.3. The average molecular weight is 2040 g/mol. The van der Waals surface area contributed by atoms with Gasteiger partial charge in [-0.25, -0.2) is 60.0 Å². The molecule has 5 N–H and O–H groups in total. The van der Waals surface area contributed by atoms with Crippen molar-refractivity contribution in [2.75, 3.05) is 105 Å². The second-order valence-corrected chi connectivity index (χ2v) is 41.8. The summed E-state index contributed by atoms with van der Waals surface area (Å²) in [6.45, 7) is 35.3. The minimum atomic E-state index is -2.40. The number of nitrogens with zero attached hydrogens (tertiary/aromatic N) is 10. The fraction of sp³-hybridized carbons (Fsp3) is 0.344. The molecule has 1 aliphatic carbocycles. The van der Waals surface area contributed by atoms with Crippen molar-refractivity contribution in [1.29, 1.82) is 0 Å². The molecule has 5 atom stereocenters. The SMILES string of the molecule is CC(=O)c1cc(-c2ccc(F)cc2)c2ccc(CN3CCNC(C(C)(C)C)C3)cc2n1.CC(=O)c1cc(-c2ccc(F)cc2)c2ccc(CN3CCNC(C(C)C)C3)cc2n1.CC(=O)c1cc(-c2ccc(F)cc2)c2ccc(CN3CCNC(C(F)F)C3)cc2n1.CC(=O)c1cc(-c2ccc(F)cc2)c2ccc(CN3CCNC(C4CC4)C3)cc2n1.CC(=O)c1cc(-c2ccc(F)cc2)c2ccc(CN3CCNC(CF)C3)cc2n1. The number of Topliss-reactive ketones (excluding diaryl/α,β-unsaturated/α-hetero) is 5. The summed E-state index contributed by atoms with van der Waals surface area (Å²) >= 11 is 0. The Kier molecular flexibility index (Phi) is 35.0. The fourth-order valence-corrected chi connectivity index (χ4v) is 20.5. The number of carbonyl (C=O) groups is 5. The normalized spacial score (nSPS) is 18.1. The van der Waals surface area contributed by atoms with Gasteiger partial charge in [0.25, 0.3) is 6.43 Å². The number of hydrogen-bond acceptors (Lipinski definition) is 20. The van der Waals surface area contributed by atoms with E-state index in [1.54, 1.807) is 78.9 Å². The molecule has 5 aromatic heterocycles. The highest BCUT2D eigenvalue weighted by molar-refractivity contribution is 6.06. The number of hydrogen-bond donors (Lipinski definition) is 5. The molecule has 21 rings (SSSR count). The van der Waals surface area contributed by atoms with Crippen molar-refractivity contribution in [2.24, 2.45) is 17.3 Å². The molecule has 28 heteroatoms. The van der Waals surface area contributed by atoms with Gasteiger partial charge in [0.2, 0.25) is 0 Å². The van der Waals surface area contributed by atoms with E-state index < -0.39 is 12.5 Å². The van der Waals surface area contributed by atoms with Crippen LogP contribution in [0.3, 0.4) is 0 Å². The van der Waals surface area contributed by atoms with Gasteiger partial charge < -0.3 is 26.6 Å². The standard InChI is InChI=1S/C26H30FN3O.C25H26FN3O.C25H28FN3O.C23H22F3N3O.C23H23F2N3O/c1-17(31)23-14-22(19-6-8-20(27)9-7-19)21-10-5-18(13-24(21)29-23)15-30-12-11-28-25(16-30)26(2,3)4;1-16(30)23-13-22(18-5-7-20(26)8-6-18)21-9-2-17(12-24(21)28-23)14-29-11-10-27-25(15-29)19-3-4-19;1-16(2)25-15-29(11-10-27-25)14-18-4-9-21-22(19-5-7-20(26)8-6-19)13-23(17(3)30)28-24(21)12-18;1-14(30)20-11-19(16-3-5-17(24)6-4-16)18-7-2-15(10-21(18)28-20)12-29-9-8-27-22(13-29)23(25)26;1-15(29)22-11-21(17-3-5-18(25)6-4-17)20-7-2-16(10-23(20)27-22)13-28-9-8-26-19(12-24)14-28/h5-10,13-14,25,28H,11-12,15-16H2,1-4H3;2,5-9,12-13,19,25,27H,3-4,10-11,14-15H2,1H3;4-9,12-13,16,25,27H,10-11,14-15H2,1-3H3;2-7,10-11,22-23,27H,8-9,12-13H2,1H3;2-7,10-11,19,26H,8-9,12-14H2,1H3. The Balaban J connectivity index is 0.000000128. The van der Waals surface area contributed by atoms with E-state index in [0.717, 1.165) is 213 Å². The number of ketones is 5. The number of aromatic nitrogens is 5. The van der Waals surface area contributed by atoms with E-state index in [9.17, 15) is 59.1 Å². The molecule has 10 heterocycles. The number of piperazine rings is 5. The van der Waals surface area contributed by atoms with E-state index in [0.29, 0.717) is 90.8 Å². The third-order valence-corrected chi connectivity index (χ3v) is 29.0. The first-order valence-electron chi connectivity index (χ1n) is 51.8. The lowest BCUT2D eigenvalue weighted by Crippen LogP contribution is -2.55. The van der Waals surface area contributed by atoms with E-state index >= 15 is 0 Å². The second kappa shape index (κ2) is 48.7. The minimum Gasteiger partial charge on any atom is -0.311 e. The van der Waals surface area contributed by atoms with Crippen LogP contribution in [-0.2, 0) is 32.7 Å². The lowest BCUT2D eigenvalue weighted by molar-refractivity contribution is 0.0545. The molecule has 1 saturated carbocycles. The minimum absolute atomic E-state index is 0.0694. The van der Waals surface area contributed by atoms with Crippen molar-refractivity contribution in [2.45, 2.75) is 151 Å². The Morgan fingerprint density at radius 1 is 0.320 bits per heavy atom. The van der Waals surface area contributed by atoms with E-state index in [4.69, 9.17) is 0 Å². The molecule has 0 bridgehead atoms. The maximum absolute atomic E-state index is 13.4. The lowest BCUT2D eigenvalue weighted by atomic mass is 9.85. The van der Waals surface area contributed by atoms with E-state index in [2.05, 4.69) is 160 Å². The molecule has 5 unspecified atom stereocenters. The molecular formula is C122H129F8N15O5. The number of fused-ring (bicyclic) bond motifs is 5. The summed E-state index contributed by atoms with van der Waals surface area (Å²) in [5.41, 5.74) is 20.2. The number of carbonyl (C=O) groups excluding carboxylic acids is 5. The molecule has 20 nitrogen and oxygen atoms in total. The number of benzene rings is 10. The van der Waals surface area contributed by atoms with E-state index in [-0.39, 0.29) is 82.7 Å². The molecule has 5 saturated heterocycles.